The van der Waals surface area contributed by atoms with Crippen LogP contribution in [0.15, 0.2) is 65.3 Å². The molecule has 0 unspecified atom stereocenters. The van der Waals surface area contributed by atoms with Crippen molar-refractivity contribution in [2.75, 3.05) is 18.4 Å². The van der Waals surface area contributed by atoms with Gasteiger partial charge in [-0.05, 0) is 55.9 Å². The highest BCUT2D eigenvalue weighted by molar-refractivity contribution is 6.48. The lowest BCUT2D eigenvalue weighted by Crippen LogP contribution is -2.43. The number of hydrogen-bond donors (Lipinski definition) is 1. The molecular formula is C26H28ClN3O3. The maximum atomic E-state index is 13.1. The minimum atomic E-state index is -0.508. The number of carbonyl (C=O) groups is 3. The first-order valence-corrected chi connectivity index (χ1v) is 11.9. The van der Waals surface area contributed by atoms with E-state index in [1.165, 1.54) is 0 Å². The standard InChI is InChI=1S/C26H28ClN3O3/c1-2-21-13-6-7-15-29(21)24(31)19-11-8-12-20(17-19)28-23-22(27)25(32)30(26(23)33)16-14-18-9-4-3-5-10-18/h3-5,8-12,17,21,28H,2,6-7,13-16H2,1H3/t21-/m1/s1. The van der Waals surface area contributed by atoms with Gasteiger partial charge in [0.15, 0.2) is 0 Å². The second-order valence-electron chi connectivity index (χ2n) is 8.45. The Hall–Kier alpha value is -3.12. The molecule has 7 heteroatoms. The van der Waals surface area contributed by atoms with E-state index in [1.807, 2.05) is 35.2 Å². The molecule has 2 heterocycles. The smallest absolute Gasteiger partial charge is 0.278 e. The molecule has 0 bridgehead atoms. The number of benzene rings is 2. The van der Waals surface area contributed by atoms with Gasteiger partial charge in [-0.15, -0.1) is 0 Å². The molecule has 0 saturated carbocycles. The van der Waals surface area contributed by atoms with Crippen LogP contribution in [0.4, 0.5) is 5.69 Å². The zero-order valence-electron chi connectivity index (χ0n) is 18.7. The molecule has 1 atom stereocenters. The quantitative estimate of drug-likeness (QED) is 0.608. The SMILES string of the molecule is CC[C@@H]1CCCCN1C(=O)c1cccc(NC2=C(Cl)C(=O)N(CCc3ccccc3)C2=O)c1. The Balaban J connectivity index is 1.46. The number of anilines is 1. The van der Waals surface area contributed by atoms with Crippen molar-refractivity contribution >= 4 is 35.0 Å². The van der Waals surface area contributed by atoms with Crippen molar-refractivity contribution in [3.8, 4) is 0 Å². The molecule has 2 aliphatic heterocycles. The molecule has 4 rings (SSSR count). The van der Waals surface area contributed by atoms with E-state index < -0.39 is 11.8 Å². The lowest BCUT2D eigenvalue weighted by molar-refractivity contribution is -0.137. The van der Waals surface area contributed by atoms with Gasteiger partial charge in [0, 0.05) is 30.4 Å². The maximum Gasteiger partial charge on any atom is 0.278 e. The Bertz CT molecular complexity index is 1080. The Morgan fingerprint density at radius 1 is 1.06 bits per heavy atom. The van der Waals surface area contributed by atoms with Gasteiger partial charge >= 0.3 is 0 Å². The number of rotatable bonds is 7. The van der Waals surface area contributed by atoms with E-state index in [0.717, 1.165) is 42.7 Å². The van der Waals surface area contributed by atoms with E-state index in [0.29, 0.717) is 17.7 Å². The highest BCUT2D eigenvalue weighted by Crippen LogP contribution is 2.27. The number of nitrogens with one attached hydrogen (secondary N) is 1. The molecule has 0 spiro atoms. The normalized spacial score (nSPS) is 18.8. The van der Waals surface area contributed by atoms with Crippen molar-refractivity contribution in [2.45, 2.75) is 45.1 Å². The molecule has 1 N–H and O–H groups in total. The number of likely N-dealkylation sites (tertiary alicyclic amines) is 1. The summed E-state index contributed by atoms with van der Waals surface area (Å²) < 4.78 is 0. The van der Waals surface area contributed by atoms with Crippen molar-refractivity contribution in [3.05, 3.63) is 76.5 Å². The van der Waals surface area contributed by atoms with Gasteiger partial charge in [-0.3, -0.25) is 19.3 Å². The van der Waals surface area contributed by atoms with E-state index >= 15 is 0 Å². The third-order valence-electron chi connectivity index (χ3n) is 6.32. The summed E-state index contributed by atoms with van der Waals surface area (Å²) in [4.78, 5) is 41.8. The maximum absolute atomic E-state index is 13.1. The van der Waals surface area contributed by atoms with Gasteiger partial charge < -0.3 is 10.2 Å². The Morgan fingerprint density at radius 3 is 2.61 bits per heavy atom. The highest BCUT2D eigenvalue weighted by atomic mass is 35.5. The molecule has 2 aliphatic rings. The van der Waals surface area contributed by atoms with E-state index in [2.05, 4.69) is 12.2 Å². The lowest BCUT2D eigenvalue weighted by atomic mass is 9.99. The van der Waals surface area contributed by atoms with Crippen molar-refractivity contribution in [3.63, 3.8) is 0 Å². The molecule has 3 amide bonds. The lowest BCUT2D eigenvalue weighted by Gasteiger charge is -2.35. The van der Waals surface area contributed by atoms with Crippen LogP contribution in [0.25, 0.3) is 0 Å². The van der Waals surface area contributed by atoms with Crippen LogP contribution in [-0.2, 0) is 16.0 Å². The molecule has 2 aromatic rings. The largest absolute Gasteiger partial charge is 0.350 e. The second-order valence-corrected chi connectivity index (χ2v) is 8.83. The summed E-state index contributed by atoms with van der Waals surface area (Å²) in [5.74, 6) is -0.977. The third-order valence-corrected chi connectivity index (χ3v) is 6.67. The Kier molecular flexibility index (Phi) is 7.14. The minimum Gasteiger partial charge on any atom is -0.350 e. The van der Waals surface area contributed by atoms with Crippen molar-refractivity contribution in [2.24, 2.45) is 0 Å². The van der Waals surface area contributed by atoms with Crippen molar-refractivity contribution in [1.29, 1.82) is 0 Å². The average molecular weight is 466 g/mol. The number of imide groups is 1. The molecule has 1 saturated heterocycles. The van der Waals surface area contributed by atoms with Crippen LogP contribution in [0.3, 0.4) is 0 Å². The van der Waals surface area contributed by atoms with Crippen LogP contribution in [0.2, 0.25) is 0 Å². The van der Waals surface area contributed by atoms with Crippen molar-refractivity contribution in [1.82, 2.24) is 9.80 Å². The molecule has 0 radical (unpaired) electrons. The number of amides is 3. The Morgan fingerprint density at radius 2 is 1.85 bits per heavy atom. The van der Waals surface area contributed by atoms with Crippen LogP contribution in [0, 0.1) is 0 Å². The summed E-state index contributed by atoms with van der Waals surface area (Å²) in [5.41, 5.74) is 2.17. The van der Waals surface area contributed by atoms with E-state index in [-0.39, 0.29) is 29.2 Å². The van der Waals surface area contributed by atoms with Gasteiger partial charge in [-0.2, -0.15) is 0 Å². The number of piperidine rings is 1. The first-order chi connectivity index (χ1) is 16.0. The topological polar surface area (TPSA) is 69.7 Å². The van der Waals surface area contributed by atoms with Gasteiger partial charge in [0.2, 0.25) is 0 Å². The van der Waals surface area contributed by atoms with E-state index in [4.69, 9.17) is 11.6 Å². The van der Waals surface area contributed by atoms with Gasteiger partial charge in [0.25, 0.3) is 17.7 Å². The summed E-state index contributed by atoms with van der Waals surface area (Å²) >= 11 is 6.24. The molecule has 1 fully saturated rings. The zero-order valence-corrected chi connectivity index (χ0v) is 19.5. The number of nitrogens with zero attached hydrogens (tertiary/aromatic N) is 2. The fraction of sp³-hybridized carbons (Fsp3) is 0.346. The summed E-state index contributed by atoms with van der Waals surface area (Å²) in [7, 11) is 0. The number of hydrogen-bond acceptors (Lipinski definition) is 4. The summed E-state index contributed by atoms with van der Waals surface area (Å²) in [6, 6.07) is 16.9. The predicted octanol–water partition coefficient (Wildman–Crippen LogP) is 4.57. The Labute approximate surface area is 199 Å². The highest BCUT2D eigenvalue weighted by Gasteiger charge is 2.37. The fourth-order valence-electron chi connectivity index (χ4n) is 4.48. The molecular weight excluding hydrogens is 438 g/mol. The van der Waals surface area contributed by atoms with Gasteiger partial charge in [0.05, 0.1) is 0 Å². The predicted molar refractivity (Wildman–Crippen MR) is 129 cm³/mol. The summed E-state index contributed by atoms with van der Waals surface area (Å²) in [6.45, 7) is 3.11. The van der Waals surface area contributed by atoms with E-state index in [1.54, 1.807) is 24.3 Å². The zero-order chi connectivity index (χ0) is 23.4. The average Bonchev–Trinajstić information content (AvgIpc) is 3.05. The molecule has 0 aromatic heterocycles. The molecule has 33 heavy (non-hydrogen) atoms. The number of halogens is 1. The fourth-order valence-corrected chi connectivity index (χ4v) is 4.71. The summed E-state index contributed by atoms with van der Waals surface area (Å²) in [5, 5.41) is 2.85. The van der Waals surface area contributed by atoms with E-state index in [9.17, 15) is 14.4 Å². The van der Waals surface area contributed by atoms with Crippen molar-refractivity contribution < 1.29 is 14.4 Å². The van der Waals surface area contributed by atoms with Crippen LogP contribution in [-0.4, -0.2) is 46.7 Å². The van der Waals surface area contributed by atoms with Crippen LogP contribution in [0.5, 0.6) is 0 Å². The summed E-state index contributed by atoms with van der Waals surface area (Å²) in [6.07, 6.45) is 4.67. The van der Waals surface area contributed by atoms with Gasteiger partial charge in [-0.25, -0.2) is 0 Å². The minimum absolute atomic E-state index is 0.0106. The third kappa shape index (κ3) is 4.96. The first kappa shape index (κ1) is 23.1. The van der Waals surface area contributed by atoms with Gasteiger partial charge in [-0.1, -0.05) is 54.9 Å². The van der Waals surface area contributed by atoms with Crippen LogP contribution < -0.4 is 5.32 Å². The molecule has 0 aliphatic carbocycles. The monoisotopic (exact) mass is 465 g/mol. The van der Waals surface area contributed by atoms with Gasteiger partial charge in [0.1, 0.15) is 10.7 Å². The van der Waals surface area contributed by atoms with Crippen LogP contribution in [0.1, 0.15) is 48.5 Å². The first-order valence-electron chi connectivity index (χ1n) is 11.5. The molecule has 6 nitrogen and oxygen atoms in total. The molecule has 172 valence electrons. The second kappa shape index (κ2) is 10.2. The number of carbonyl (C=O) groups excluding carboxylic acids is 3. The molecule has 2 aromatic carbocycles. The van der Waals surface area contributed by atoms with Crippen LogP contribution >= 0.6 is 11.6 Å².